The Bertz CT molecular complexity index is 344. The molecule has 0 spiro atoms. The second-order valence-corrected chi connectivity index (χ2v) is 4.94. The summed E-state index contributed by atoms with van der Waals surface area (Å²) in [6, 6.07) is 1.94. The summed E-state index contributed by atoms with van der Waals surface area (Å²) in [7, 11) is 0. The second kappa shape index (κ2) is 8.63. The molecule has 2 rings (SSSR count). The number of halogens is 2. The molecule has 1 fully saturated rings. The fourth-order valence-corrected chi connectivity index (χ4v) is 2.58. The van der Waals surface area contributed by atoms with Gasteiger partial charge in [0.15, 0.2) is 0 Å². The summed E-state index contributed by atoms with van der Waals surface area (Å²) in [6.45, 7) is 2.69. The van der Waals surface area contributed by atoms with Gasteiger partial charge in [-0.05, 0) is 13.0 Å². The molecule has 2 heterocycles. The molecule has 0 radical (unpaired) electrons. The van der Waals surface area contributed by atoms with E-state index < -0.39 is 0 Å². The summed E-state index contributed by atoms with van der Waals surface area (Å²) < 4.78 is 1.82. The zero-order valence-electron chi connectivity index (χ0n) is 10.0. The third-order valence-electron chi connectivity index (χ3n) is 2.44. The number of aromatic nitrogens is 2. The van der Waals surface area contributed by atoms with Crippen LogP contribution in [0, 0.1) is 0 Å². The average Bonchev–Trinajstić information content (AvgIpc) is 2.88. The normalized spacial score (nSPS) is 19.5. The summed E-state index contributed by atoms with van der Waals surface area (Å²) in [4.78, 5) is 11.8. The van der Waals surface area contributed by atoms with Gasteiger partial charge in [0.25, 0.3) is 0 Å². The first kappa shape index (κ1) is 17.6. The van der Waals surface area contributed by atoms with Crippen LogP contribution in [0.1, 0.15) is 6.92 Å². The SMILES string of the molecule is CC(Cn1cccn1)NC(=O)C1CSCN1.Cl.Cl. The van der Waals surface area contributed by atoms with E-state index in [9.17, 15) is 4.79 Å². The average molecular weight is 313 g/mol. The minimum absolute atomic E-state index is 0. The van der Waals surface area contributed by atoms with Crippen molar-refractivity contribution in [3.63, 3.8) is 0 Å². The van der Waals surface area contributed by atoms with E-state index in [2.05, 4.69) is 15.7 Å². The van der Waals surface area contributed by atoms with Gasteiger partial charge < -0.3 is 5.32 Å². The lowest BCUT2D eigenvalue weighted by Crippen LogP contribution is -2.46. The fourth-order valence-electron chi connectivity index (χ4n) is 1.64. The fraction of sp³-hybridized carbons (Fsp3) is 0.600. The maximum atomic E-state index is 11.8. The molecule has 2 N–H and O–H groups in total. The van der Waals surface area contributed by atoms with Crippen molar-refractivity contribution in [1.29, 1.82) is 0 Å². The van der Waals surface area contributed by atoms with Gasteiger partial charge in [0.2, 0.25) is 5.91 Å². The number of amides is 1. The number of nitrogens with one attached hydrogen (secondary N) is 2. The van der Waals surface area contributed by atoms with Crippen molar-refractivity contribution in [2.24, 2.45) is 0 Å². The van der Waals surface area contributed by atoms with Crippen molar-refractivity contribution in [2.45, 2.75) is 25.6 Å². The number of hydrogen-bond donors (Lipinski definition) is 2. The summed E-state index contributed by atoms with van der Waals surface area (Å²) in [6.07, 6.45) is 3.63. The Hall–Kier alpha value is -0.430. The van der Waals surface area contributed by atoms with Crippen molar-refractivity contribution >= 4 is 42.5 Å². The van der Waals surface area contributed by atoms with Crippen LogP contribution < -0.4 is 10.6 Å². The number of carbonyl (C=O) groups excluding carboxylic acids is 1. The Balaban J connectivity index is 0.00000144. The van der Waals surface area contributed by atoms with Crippen LogP contribution in [-0.4, -0.2) is 39.4 Å². The summed E-state index contributed by atoms with van der Waals surface area (Å²) >= 11 is 1.75. The molecular weight excluding hydrogens is 295 g/mol. The topological polar surface area (TPSA) is 59.0 Å². The molecule has 0 bridgehead atoms. The van der Waals surface area contributed by atoms with Crippen LogP contribution >= 0.6 is 36.6 Å². The van der Waals surface area contributed by atoms with Crippen LogP contribution in [-0.2, 0) is 11.3 Å². The lowest BCUT2D eigenvalue weighted by Gasteiger charge is -2.16. The van der Waals surface area contributed by atoms with Gasteiger partial charge >= 0.3 is 0 Å². The van der Waals surface area contributed by atoms with Crippen molar-refractivity contribution < 1.29 is 4.79 Å². The van der Waals surface area contributed by atoms with Crippen LogP contribution in [0.15, 0.2) is 18.5 Å². The molecule has 1 aromatic heterocycles. The number of rotatable bonds is 4. The largest absolute Gasteiger partial charge is 0.350 e. The van der Waals surface area contributed by atoms with Gasteiger partial charge in [0, 0.05) is 30.1 Å². The van der Waals surface area contributed by atoms with Gasteiger partial charge in [-0.3, -0.25) is 14.8 Å². The van der Waals surface area contributed by atoms with E-state index >= 15 is 0 Å². The lowest BCUT2D eigenvalue weighted by molar-refractivity contribution is -0.123. The van der Waals surface area contributed by atoms with Crippen molar-refractivity contribution in [3.8, 4) is 0 Å². The highest BCUT2D eigenvalue weighted by Crippen LogP contribution is 2.09. The van der Waals surface area contributed by atoms with E-state index in [-0.39, 0.29) is 42.8 Å². The highest BCUT2D eigenvalue weighted by Gasteiger charge is 2.23. The van der Waals surface area contributed by atoms with Crippen LogP contribution in [0.2, 0.25) is 0 Å². The first-order valence-corrected chi connectivity index (χ1v) is 6.50. The molecule has 0 saturated carbocycles. The Morgan fingerprint density at radius 2 is 2.44 bits per heavy atom. The van der Waals surface area contributed by atoms with Crippen LogP contribution in [0.3, 0.4) is 0 Å². The van der Waals surface area contributed by atoms with Gasteiger partial charge in [-0.25, -0.2) is 0 Å². The highest BCUT2D eigenvalue weighted by molar-refractivity contribution is 7.99. The van der Waals surface area contributed by atoms with Gasteiger partial charge in [0.05, 0.1) is 12.6 Å². The van der Waals surface area contributed by atoms with E-state index in [4.69, 9.17) is 0 Å². The predicted molar refractivity (Wildman–Crippen MR) is 78.6 cm³/mol. The molecule has 2 atom stereocenters. The van der Waals surface area contributed by atoms with E-state index in [0.717, 1.165) is 11.6 Å². The molecule has 8 heteroatoms. The number of carbonyl (C=O) groups is 1. The standard InChI is InChI=1S/C10H16N4OS.2ClH/c1-8(5-14-4-2-3-12-14)13-10(15)9-6-16-7-11-9;;/h2-4,8-9,11H,5-7H2,1H3,(H,13,15);2*1H. The molecule has 0 aliphatic carbocycles. The first-order chi connectivity index (χ1) is 7.75. The molecule has 104 valence electrons. The highest BCUT2D eigenvalue weighted by atomic mass is 35.5. The van der Waals surface area contributed by atoms with Gasteiger partial charge in [-0.15, -0.1) is 36.6 Å². The molecule has 18 heavy (non-hydrogen) atoms. The van der Waals surface area contributed by atoms with Gasteiger partial charge in [-0.2, -0.15) is 5.10 Å². The molecule has 1 aliphatic rings. The molecule has 1 aromatic rings. The Kier molecular flexibility index (Phi) is 8.43. The zero-order chi connectivity index (χ0) is 11.4. The Morgan fingerprint density at radius 3 is 3.00 bits per heavy atom. The van der Waals surface area contributed by atoms with Crippen molar-refractivity contribution in [3.05, 3.63) is 18.5 Å². The molecule has 5 nitrogen and oxygen atoms in total. The van der Waals surface area contributed by atoms with Crippen LogP contribution in [0.25, 0.3) is 0 Å². The Morgan fingerprint density at radius 1 is 1.67 bits per heavy atom. The molecular formula is C10H18Cl2N4OS. The summed E-state index contributed by atoms with van der Waals surface area (Å²) in [5.41, 5.74) is 0. The summed E-state index contributed by atoms with van der Waals surface area (Å²) in [5.74, 6) is 1.82. The first-order valence-electron chi connectivity index (χ1n) is 5.34. The van der Waals surface area contributed by atoms with E-state index in [1.807, 2.05) is 23.9 Å². The maximum Gasteiger partial charge on any atom is 0.238 e. The molecule has 1 amide bonds. The van der Waals surface area contributed by atoms with Crippen molar-refractivity contribution in [2.75, 3.05) is 11.6 Å². The quantitative estimate of drug-likeness (QED) is 0.867. The smallest absolute Gasteiger partial charge is 0.238 e. The minimum atomic E-state index is -0.0370. The van der Waals surface area contributed by atoms with Gasteiger partial charge in [0.1, 0.15) is 0 Å². The molecule has 1 aliphatic heterocycles. The third-order valence-corrected chi connectivity index (χ3v) is 3.38. The Labute approximate surface area is 123 Å². The summed E-state index contributed by atoms with van der Waals surface area (Å²) in [5, 5.41) is 10.2. The van der Waals surface area contributed by atoms with E-state index in [1.54, 1.807) is 18.0 Å². The molecule has 2 unspecified atom stereocenters. The predicted octanol–water partition coefficient (Wildman–Crippen LogP) is 0.894. The maximum absolute atomic E-state index is 11.8. The van der Waals surface area contributed by atoms with Gasteiger partial charge in [-0.1, -0.05) is 0 Å². The molecule has 1 saturated heterocycles. The number of nitrogens with zero attached hydrogens (tertiary/aromatic N) is 2. The molecule has 0 aromatic carbocycles. The zero-order valence-corrected chi connectivity index (χ0v) is 12.5. The van der Waals surface area contributed by atoms with Crippen LogP contribution in [0.4, 0.5) is 0 Å². The van der Waals surface area contributed by atoms with Crippen molar-refractivity contribution in [1.82, 2.24) is 20.4 Å². The second-order valence-electron chi connectivity index (χ2n) is 3.91. The van der Waals surface area contributed by atoms with E-state index in [1.165, 1.54) is 0 Å². The van der Waals surface area contributed by atoms with E-state index in [0.29, 0.717) is 6.54 Å². The number of hydrogen-bond acceptors (Lipinski definition) is 4. The number of thioether (sulfide) groups is 1. The monoisotopic (exact) mass is 312 g/mol. The third kappa shape index (κ3) is 5.06. The minimum Gasteiger partial charge on any atom is -0.350 e. The van der Waals surface area contributed by atoms with Crippen LogP contribution in [0.5, 0.6) is 0 Å². The lowest BCUT2D eigenvalue weighted by atomic mass is 10.2.